The van der Waals surface area contributed by atoms with E-state index in [1.54, 1.807) is 31.5 Å². The van der Waals surface area contributed by atoms with Crippen molar-refractivity contribution in [3.8, 4) is 11.4 Å². The number of imidazole rings is 1. The quantitative estimate of drug-likeness (QED) is 0.367. The fraction of sp³-hybridized carbons (Fsp3) is 0.261. The standard InChI is InChI=1S/C23H26N4O3S/c1-3-4-12-24-22(29)17-8-10-19(11-9-17)27-14-13-25-23(27)31-16-21(28)26-18-6-5-7-20(15-18)30-2/h5-11,13-15H,3-4,12,16H2,1-2H3,(H,24,29)(H,26,28). The van der Waals surface area contributed by atoms with Crippen molar-refractivity contribution in [2.45, 2.75) is 24.9 Å². The molecule has 1 aromatic heterocycles. The van der Waals surface area contributed by atoms with Crippen LogP contribution >= 0.6 is 11.8 Å². The van der Waals surface area contributed by atoms with Crippen molar-refractivity contribution in [1.29, 1.82) is 0 Å². The predicted molar refractivity (Wildman–Crippen MR) is 123 cm³/mol. The van der Waals surface area contributed by atoms with E-state index in [9.17, 15) is 9.59 Å². The van der Waals surface area contributed by atoms with Gasteiger partial charge in [-0.05, 0) is 42.8 Å². The highest BCUT2D eigenvalue weighted by Gasteiger charge is 2.11. The number of amides is 2. The molecule has 2 amide bonds. The van der Waals surface area contributed by atoms with Crippen molar-refractivity contribution in [3.05, 3.63) is 66.5 Å². The van der Waals surface area contributed by atoms with E-state index in [1.165, 1.54) is 11.8 Å². The number of hydrogen-bond donors (Lipinski definition) is 2. The van der Waals surface area contributed by atoms with E-state index in [0.717, 1.165) is 18.5 Å². The maximum atomic E-state index is 12.3. The van der Waals surface area contributed by atoms with Gasteiger partial charge < -0.3 is 15.4 Å². The first-order chi connectivity index (χ1) is 15.1. The Hall–Kier alpha value is -3.26. The molecule has 0 aliphatic carbocycles. The molecular weight excluding hydrogens is 412 g/mol. The molecule has 0 radical (unpaired) electrons. The second-order valence-electron chi connectivity index (χ2n) is 6.80. The molecule has 0 spiro atoms. The number of thioether (sulfide) groups is 1. The Balaban J connectivity index is 1.59. The van der Waals surface area contributed by atoms with Gasteiger partial charge in [0.2, 0.25) is 5.91 Å². The van der Waals surface area contributed by atoms with E-state index in [1.807, 2.05) is 41.1 Å². The van der Waals surface area contributed by atoms with Crippen LogP contribution in [0.3, 0.4) is 0 Å². The van der Waals surface area contributed by atoms with Crippen LogP contribution in [-0.2, 0) is 4.79 Å². The molecule has 0 unspecified atom stereocenters. The monoisotopic (exact) mass is 438 g/mol. The van der Waals surface area contributed by atoms with Gasteiger partial charge in [-0.15, -0.1) is 0 Å². The Morgan fingerprint density at radius 1 is 1.16 bits per heavy atom. The Kier molecular flexibility index (Phi) is 8.12. The summed E-state index contributed by atoms with van der Waals surface area (Å²) in [6.45, 7) is 2.77. The zero-order valence-corrected chi connectivity index (χ0v) is 18.4. The third-order valence-electron chi connectivity index (χ3n) is 4.52. The number of anilines is 1. The van der Waals surface area contributed by atoms with Crippen molar-refractivity contribution in [2.24, 2.45) is 0 Å². The molecule has 0 saturated carbocycles. The van der Waals surface area contributed by atoms with Crippen molar-refractivity contribution in [2.75, 3.05) is 24.7 Å². The average Bonchev–Trinajstić information content (AvgIpc) is 3.26. The highest BCUT2D eigenvalue weighted by Crippen LogP contribution is 2.22. The summed E-state index contributed by atoms with van der Waals surface area (Å²) >= 11 is 1.34. The Labute approximate surface area is 186 Å². The highest BCUT2D eigenvalue weighted by atomic mass is 32.2. The third-order valence-corrected chi connectivity index (χ3v) is 5.48. The topological polar surface area (TPSA) is 85.2 Å². The molecule has 1 heterocycles. The second kappa shape index (κ2) is 11.2. The van der Waals surface area contributed by atoms with E-state index in [0.29, 0.717) is 28.7 Å². The average molecular weight is 439 g/mol. The molecule has 2 N–H and O–H groups in total. The number of nitrogens with zero attached hydrogens (tertiary/aromatic N) is 2. The lowest BCUT2D eigenvalue weighted by atomic mass is 10.2. The zero-order chi connectivity index (χ0) is 22.1. The minimum Gasteiger partial charge on any atom is -0.497 e. The number of unbranched alkanes of at least 4 members (excludes halogenated alkanes) is 1. The maximum Gasteiger partial charge on any atom is 0.251 e. The van der Waals surface area contributed by atoms with E-state index < -0.39 is 0 Å². The van der Waals surface area contributed by atoms with Crippen LogP contribution < -0.4 is 15.4 Å². The van der Waals surface area contributed by atoms with Crippen molar-refractivity contribution >= 4 is 29.3 Å². The Morgan fingerprint density at radius 3 is 2.71 bits per heavy atom. The molecule has 0 fully saturated rings. The molecule has 0 aliphatic heterocycles. The molecule has 162 valence electrons. The van der Waals surface area contributed by atoms with Gasteiger partial charge >= 0.3 is 0 Å². The number of methoxy groups -OCH3 is 1. The first-order valence-corrected chi connectivity index (χ1v) is 11.1. The number of nitrogens with one attached hydrogen (secondary N) is 2. The van der Waals surface area contributed by atoms with Crippen LogP contribution in [0.15, 0.2) is 66.1 Å². The number of hydrogen-bond acceptors (Lipinski definition) is 5. The second-order valence-corrected chi connectivity index (χ2v) is 7.75. The summed E-state index contributed by atoms with van der Waals surface area (Å²) < 4.78 is 7.06. The summed E-state index contributed by atoms with van der Waals surface area (Å²) in [5.74, 6) is 0.691. The van der Waals surface area contributed by atoms with E-state index >= 15 is 0 Å². The molecule has 3 rings (SSSR count). The van der Waals surface area contributed by atoms with Gasteiger partial charge in [0, 0.05) is 41.9 Å². The summed E-state index contributed by atoms with van der Waals surface area (Å²) in [6.07, 6.45) is 5.52. The minimum atomic E-state index is -0.132. The summed E-state index contributed by atoms with van der Waals surface area (Å²) in [4.78, 5) is 28.8. The van der Waals surface area contributed by atoms with Gasteiger partial charge in [0.05, 0.1) is 12.9 Å². The van der Waals surface area contributed by atoms with Gasteiger partial charge in [-0.3, -0.25) is 14.2 Å². The Morgan fingerprint density at radius 2 is 1.97 bits per heavy atom. The van der Waals surface area contributed by atoms with Crippen LogP contribution in [0.2, 0.25) is 0 Å². The summed E-state index contributed by atoms with van der Waals surface area (Å²) in [5.41, 5.74) is 2.17. The van der Waals surface area contributed by atoms with E-state index in [2.05, 4.69) is 22.5 Å². The molecule has 8 heteroatoms. The largest absolute Gasteiger partial charge is 0.497 e. The van der Waals surface area contributed by atoms with Crippen LogP contribution in [0.5, 0.6) is 5.75 Å². The van der Waals surface area contributed by atoms with Crippen LogP contribution in [0.25, 0.3) is 5.69 Å². The molecular formula is C23H26N4O3S. The smallest absolute Gasteiger partial charge is 0.251 e. The number of carbonyl (C=O) groups excluding carboxylic acids is 2. The van der Waals surface area contributed by atoms with Crippen molar-refractivity contribution in [1.82, 2.24) is 14.9 Å². The first-order valence-electron chi connectivity index (χ1n) is 10.1. The van der Waals surface area contributed by atoms with Crippen LogP contribution in [-0.4, -0.2) is 40.8 Å². The fourth-order valence-electron chi connectivity index (χ4n) is 2.88. The summed E-state index contributed by atoms with van der Waals surface area (Å²) in [7, 11) is 1.59. The number of ether oxygens (including phenoxy) is 1. The van der Waals surface area contributed by atoms with Gasteiger partial charge in [-0.2, -0.15) is 0 Å². The van der Waals surface area contributed by atoms with Gasteiger partial charge in [0.1, 0.15) is 5.75 Å². The van der Waals surface area contributed by atoms with Crippen molar-refractivity contribution in [3.63, 3.8) is 0 Å². The molecule has 2 aromatic carbocycles. The van der Waals surface area contributed by atoms with Gasteiger partial charge in [0.15, 0.2) is 5.16 Å². The van der Waals surface area contributed by atoms with Gasteiger partial charge in [-0.1, -0.05) is 31.2 Å². The first kappa shape index (κ1) is 22.4. The summed E-state index contributed by atoms with van der Waals surface area (Å²) in [5, 5.41) is 6.46. The molecule has 7 nitrogen and oxygen atoms in total. The van der Waals surface area contributed by atoms with Gasteiger partial charge in [-0.25, -0.2) is 4.98 Å². The zero-order valence-electron chi connectivity index (χ0n) is 17.6. The maximum absolute atomic E-state index is 12.3. The van der Waals surface area contributed by atoms with Crippen molar-refractivity contribution < 1.29 is 14.3 Å². The molecule has 31 heavy (non-hydrogen) atoms. The Bertz CT molecular complexity index is 1020. The van der Waals surface area contributed by atoms with Gasteiger partial charge in [0.25, 0.3) is 5.91 Å². The molecule has 0 saturated heterocycles. The highest BCUT2D eigenvalue weighted by molar-refractivity contribution is 7.99. The number of carbonyl (C=O) groups is 2. The lowest BCUT2D eigenvalue weighted by Crippen LogP contribution is -2.24. The van der Waals surface area contributed by atoms with Crippen LogP contribution in [0.1, 0.15) is 30.1 Å². The lowest BCUT2D eigenvalue weighted by molar-refractivity contribution is -0.113. The third kappa shape index (κ3) is 6.36. The number of rotatable bonds is 10. The van der Waals surface area contributed by atoms with Crippen LogP contribution in [0, 0.1) is 0 Å². The minimum absolute atomic E-state index is 0.0746. The molecule has 0 aliphatic rings. The molecule has 0 atom stereocenters. The number of aromatic nitrogens is 2. The SMILES string of the molecule is CCCCNC(=O)c1ccc(-n2ccnc2SCC(=O)Nc2cccc(OC)c2)cc1. The molecule has 0 bridgehead atoms. The normalized spacial score (nSPS) is 10.5. The van der Waals surface area contributed by atoms with E-state index in [4.69, 9.17) is 4.74 Å². The molecule has 3 aromatic rings. The van der Waals surface area contributed by atoms with Crippen LogP contribution in [0.4, 0.5) is 5.69 Å². The predicted octanol–water partition coefficient (Wildman–Crippen LogP) is 4.14. The lowest BCUT2D eigenvalue weighted by Gasteiger charge is -2.10. The number of benzene rings is 2. The van der Waals surface area contributed by atoms with E-state index in [-0.39, 0.29) is 17.6 Å². The fourth-order valence-corrected chi connectivity index (χ4v) is 3.65. The summed E-state index contributed by atoms with van der Waals surface area (Å²) in [6, 6.07) is 14.5.